The second-order valence-corrected chi connectivity index (χ2v) is 23.8. The highest BCUT2D eigenvalue weighted by Gasteiger charge is 2.54. The summed E-state index contributed by atoms with van der Waals surface area (Å²) in [7, 11) is 0. The number of aryl methyl sites for hydroxylation is 2. The van der Waals surface area contributed by atoms with Crippen molar-refractivity contribution in [1.29, 1.82) is 0 Å². The Morgan fingerprint density at radius 2 is 0.696 bits per heavy atom. The van der Waals surface area contributed by atoms with Crippen LogP contribution in [-0.4, -0.2) is 0 Å². The summed E-state index contributed by atoms with van der Waals surface area (Å²) in [4.78, 5) is 6.63. The van der Waals surface area contributed by atoms with Gasteiger partial charge in [-0.15, -0.1) is 0 Å². The van der Waals surface area contributed by atoms with E-state index in [-0.39, 0.29) is 11.2 Å². The van der Waals surface area contributed by atoms with E-state index in [0.29, 0.717) is 44.1 Å². The summed E-state index contributed by atoms with van der Waals surface area (Å²) in [5.41, 5.74) is 12.3. The molecule has 0 radical (unpaired) electrons. The minimum Gasteiger partial charge on any atom is -0.453 e. The Morgan fingerprint density at radius 1 is 0.337 bits per heavy atom. The summed E-state index contributed by atoms with van der Waals surface area (Å²) in [6.07, 6.45) is -7.81. The number of halogens is 6. The molecule has 0 N–H and O–H groups in total. The minimum atomic E-state index is -4.69. The van der Waals surface area contributed by atoms with Gasteiger partial charge in [0.1, 0.15) is 11.2 Å². The molecule has 2 aromatic heterocycles. The lowest BCUT2D eigenvalue weighted by Crippen LogP contribution is -2.36. The molecule has 15 aromatic rings. The third-order valence-electron chi connectivity index (χ3n) is 19.0. The second kappa shape index (κ2) is 20.5. The molecule has 0 unspecified atom stereocenters. The average molecular weight is 1210 g/mol. The van der Waals surface area contributed by atoms with Crippen LogP contribution in [0.3, 0.4) is 0 Å². The van der Waals surface area contributed by atoms with E-state index in [1.807, 2.05) is 66.7 Å². The van der Waals surface area contributed by atoms with Gasteiger partial charge in [-0.3, -0.25) is 0 Å². The van der Waals surface area contributed by atoms with Crippen molar-refractivity contribution in [3.8, 4) is 11.1 Å². The SMILES string of the molecule is CCc1ccc(N(c2cc3c(c4ccccc24)-c2c(cc(N(c4ccc(CC)cc4)c4cccc5c4oc4c(C(F)(F)F)cccc45)c4ccccc24)C32c3ccccc3N(c3ccccc3)c3ccccc32)c2cccc3c2oc2c(C(F)(F)F)cccc23)cc1. The van der Waals surface area contributed by atoms with E-state index >= 15 is 26.3 Å². The summed E-state index contributed by atoms with van der Waals surface area (Å²) < 4.78 is 103. The van der Waals surface area contributed by atoms with Gasteiger partial charge in [0.05, 0.1) is 50.7 Å². The Hall–Kier alpha value is -11.0. The lowest BCUT2D eigenvalue weighted by atomic mass is 9.64. The minimum absolute atomic E-state index is 0.240. The number of hydrogen-bond acceptors (Lipinski definition) is 5. The molecule has 0 bridgehead atoms. The highest BCUT2D eigenvalue weighted by atomic mass is 19.4. The van der Waals surface area contributed by atoms with Crippen LogP contribution in [0.15, 0.2) is 270 Å². The molecule has 0 atom stereocenters. The lowest BCUT2D eigenvalue weighted by molar-refractivity contribution is -0.137. The molecule has 92 heavy (non-hydrogen) atoms. The number of hydrogen-bond donors (Lipinski definition) is 0. The van der Waals surface area contributed by atoms with E-state index in [2.05, 4.69) is 186 Å². The van der Waals surface area contributed by atoms with Crippen molar-refractivity contribution in [2.24, 2.45) is 0 Å². The van der Waals surface area contributed by atoms with Gasteiger partial charge in [-0.1, -0.05) is 190 Å². The van der Waals surface area contributed by atoms with Crippen LogP contribution in [0.25, 0.3) is 76.5 Å². The fraction of sp³-hybridized carbons (Fsp3) is 0.0864. The number of rotatable bonds is 9. The van der Waals surface area contributed by atoms with Gasteiger partial charge in [-0.25, -0.2) is 0 Å². The number of nitrogens with zero attached hydrogens (tertiary/aromatic N) is 3. The van der Waals surface area contributed by atoms with Gasteiger partial charge >= 0.3 is 12.4 Å². The van der Waals surface area contributed by atoms with E-state index in [9.17, 15) is 0 Å². The van der Waals surface area contributed by atoms with E-state index in [0.717, 1.165) is 131 Å². The number of benzene rings is 13. The summed E-state index contributed by atoms with van der Waals surface area (Å²) >= 11 is 0. The monoisotopic (exact) mass is 1210 g/mol. The summed E-state index contributed by atoms with van der Waals surface area (Å²) in [6.45, 7) is 4.21. The molecular weight excluding hydrogens is 1160 g/mol. The van der Waals surface area contributed by atoms with Crippen LogP contribution in [0, 0.1) is 0 Å². The van der Waals surface area contributed by atoms with Crippen LogP contribution in [0.1, 0.15) is 58.4 Å². The van der Waals surface area contributed by atoms with Gasteiger partial charge in [0, 0.05) is 49.4 Å². The summed E-state index contributed by atoms with van der Waals surface area (Å²) in [6, 6.07) is 85.2. The molecule has 3 heterocycles. The van der Waals surface area contributed by atoms with E-state index in [1.165, 1.54) is 12.1 Å². The van der Waals surface area contributed by atoms with Crippen LogP contribution >= 0.6 is 0 Å². The van der Waals surface area contributed by atoms with Crippen molar-refractivity contribution < 1.29 is 35.2 Å². The van der Waals surface area contributed by atoms with Crippen LogP contribution in [0.2, 0.25) is 0 Å². The maximum Gasteiger partial charge on any atom is 0.420 e. The first-order valence-corrected chi connectivity index (χ1v) is 30.8. The fourth-order valence-electron chi connectivity index (χ4n) is 15.0. The first-order chi connectivity index (χ1) is 44.8. The molecule has 5 nitrogen and oxygen atoms in total. The Morgan fingerprint density at radius 3 is 1.11 bits per heavy atom. The van der Waals surface area contributed by atoms with E-state index in [4.69, 9.17) is 8.83 Å². The molecule has 1 aliphatic heterocycles. The zero-order chi connectivity index (χ0) is 62.4. The summed E-state index contributed by atoms with van der Waals surface area (Å²) in [5, 5.41) is 5.40. The third kappa shape index (κ3) is 8.00. The normalized spacial score (nSPS) is 13.4. The van der Waals surface area contributed by atoms with Crippen LogP contribution in [0.5, 0.6) is 0 Å². The summed E-state index contributed by atoms with van der Waals surface area (Å²) in [5.74, 6) is 0. The van der Waals surface area contributed by atoms with Gasteiger partial charge in [0.2, 0.25) is 0 Å². The quantitative estimate of drug-likeness (QED) is 0.135. The molecule has 446 valence electrons. The van der Waals surface area contributed by atoms with Crippen LogP contribution < -0.4 is 14.7 Å². The Labute approximate surface area is 524 Å². The number of alkyl halides is 6. The molecular formula is C81H53F6N3O2. The topological polar surface area (TPSA) is 36.0 Å². The zero-order valence-corrected chi connectivity index (χ0v) is 49.7. The molecule has 13 aromatic carbocycles. The van der Waals surface area contributed by atoms with Gasteiger partial charge in [-0.05, 0) is 153 Å². The van der Waals surface area contributed by atoms with E-state index in [1.54, 1.807) is 12.1 Å². The van der Waals surface area contributed by atoms with Crippen molar-refractivity contribution in [2.75, 3.05) is 14.7 Å². The molecule has 0 fully saturated rings. The number of fused-ring (bicyclic) bond motifs is 19. The fourth-order valence-corrected chi connectivity index (χ4v) is 15.0. The Bertz CT molecular complexity index is 5170. The molecule has 2 aliphatic rings. The number of para-hydroxylation sites is 7. The average Bonchev–Trinajstić information content (AvgIpc) is 1.45. The van der Waals surface area contributed by atoms with Crippen molar-refractivity contribution >= 4 is 117 Å². The largest absolute Gasteiger partial charge is 0.453 e. The molecule has 11 heteroatoms. The van der Waals surface area contributed by atoms with Crippen LogP contribution in [-0.2, 0) is 30.6 Å². The Balaban J connectivity index is 1.03. The number of furan rings is 2. The molecule has 0 saturated carbocycles. The molecule has 17 rings (SSSR count). The van der Waals surface area contributed by atoms with Gasteiger partial charge < -0.3 is 23.5 Å². The molecule has 1 spiro atoms. The standard InChI is InChI=1S/C81H53F6N3O2/c1-3-48-38-42-51(43-39-48)89(69-36-18-28-59-57-26-16-32-63(80(82,83)84)75(57)91-77(59)69)71-46-65-73(55-24-10-8-22-53(55)71)74-56-25-11-9-23-54(56)72(47-66(74)79(65)61-30-12-14-34-67(61)88(50-20-6-5-7-21-50)68-35-15-13-31-62(68)79)90(52-44-40-49(4-2)41-45-52)70-37-19-29-60-58-27-17-33-64(81(85,86)87)76(58)92-78(60)70/h5-47H,3-4H2,1-2H3. The van der Waals surface area contributed by atoms with E-state index < -0.39 is 28.9 Å². The molecule has 0 saturated heterocycles. The van der Waals surface area contributed by atoms with Gasteiger partial charge in [0.15, 0.2) is 11.2 Å². The predicted octanol–water partition coefficient (Wildman–Crippen LogP) is 24.0. The highest BCUT2D eigenvalue weighted by molar-refractivity contribution is 6.21. The predicted molar refractivity (Wildman–Crippen MR) is 360 cm³/mol. The maximum atomic E-state index is 15.0. The molecule has 0 amide bonds. The maximum absolute atomic E-state index is 15.0. The smallest absolute Gasteiger partial charge is 0.420 e. The third-order valence-corrected chi connectivity index (χ3v) is 19.0. The first kappa shape index (κ1) is 55.1. The van der Waals surface area contributed by atoms with Gasteiger partial charge in [-0.2, -0.15) is 26.3 Å². The van der Waals surface area contributed by atoms with Crippen LogP contribution in [0.4, 0.5) is 77.5 Å². The van der Waals surface area contributed by atoms with Gasteiger partial charge in [0.25, 0.3) is 0 Å². The first-order valence-electron chi connectivity index (χ1n) is 30.8. The van der Waals surface area contributed by atoms with Crippen molar-refractivity contribution in [2.45, 2.75) is 44.5 Å². The second-order valence-electron chi connectivity index (χ2n) is 23.8. The lowest BCUT2D eigenvalue weighted by Gasteiger charge is -2.45. The molecule has 1 aliphatic carbocycles. The van der Waals surface area contributed by atoms with Crippen molar-refractivity contribution in [1.82, 2.24) is 0 Å². The number of anilines is 9. The van der Waals surface area contributed by atoms with Crippen molar-refractivity contribution in [3.63, 3.8) is 0 Å². The highest BCUT2D eigenvalue weighted by Crippen LogP contribution is 2.68. The Kier molecular flexibility index (Phi) is 12.3. The van der Waals surface area contributed by atoms with Crippen molar-refractivity contribution in [3.05, 3.63) is 305 Å². The zero-order valence-electron chi connectivity index (χ0n) is 49.7.